The Hall–Kier alpha value is -1.13. The van der Waals surface area contributed by atoms with Gasteiger partial charge in [0.25, 0.3) is 0 Å². The largest absolute Gasteiger partial charge is 0.475 e. The van der Waals surface area contributed by atoms with Crippen LogP contribution < -0.4 is 10.1 Å². The van der Waals surface area contributed by atoms with Crippen molar-refractivity contribution in [3.05, 3.63) is 23.4 Å². The summed E-state index contributed by atoms with van der Waals surface area (Å²) >= 11 is 0. The average Bonchev–Trinajstić information content (AvgIpc) is 2.43. The predicted molar refractivity (Wildman–Crippen MR) is 82.1 cm³/mol. The highest BCUT2D eigenvalue weighted by molar-refractivity contribution is 5.25. The molecule has 1 heterocycles. The van der Waals surface area contributed by atoms with Gasteiger partial charge in [-0.1, -0.05) is 20.8 Å². The summed E-state index contributed by atoms with van der Waals surface area (Å²) in [6.07, 6.45) is 0.917. The zero-order valence-corrected chi connectivity index (χ0v) is 13.2. The van der Waals surface area contributed by atoms with Crippen molar-refractivity contribution >= 4 is 0 Å². The quantitative estimate of drug-likeness (QED) is 0.669. The molecule has 1 aromatic heterocycles. The molecule has 0 aliphatic heterocycles. The first-order chi connectivity index (χ1) is 9.65. The van der Waals surface area contributed by atoms with Crippen LogP contribution in [0.15, 0.2) is 12.1 Å². The van der Waals surface area contributed by atoms with Crippen molar-refractivity contribution in [1.29, 1.82) is 0 Å². The van der Waals surface area contributed by atoms with Gasteiger partial charge in [-0.15, -0.1) is 0 Å². The summed E-state index contributed by atoms with van der Waals surface area (Å²) in [5, 5.41) is 3.45. The van der Waals surface area contributed by atoms with E-state index in [1.165, 1.54) is 5.56 Å². The molecule has 0 unspecified atom stereocenters. The summed E-state index contributed by atoms with van der Waals surface area (Å²) in [7, 11) is 0. The number of rotatable bonds is 10. The van der Waals surface area contributed by atoms with Crippen molar-refractivity contribution in [3.8, 4) is 5.88 Å². The monoisotopic (exact) mass is 280 g/mol. The average molecular weight is 280 g/mol. The second-order valence-electron chi connectivity index (χ2n) is 5.23. The first-order valence-corrected chi connectivity index (χ1v) is 7.56. The molecular weight excluding hydrogens is 252 g/mol. The van der Waals surface area contributed by atoms with Crippen molar-refractivity contribution in [2.75, 3.05) is 26.4 Å². The lowest BCUT2D eigenvalue weighted by molar-refractivity contribution is 0.108. The molecule has 0 amide bonds. The highest BCUT2D eigenvalue weighted by Gasteiger charge is 2.03. The summed E-state index contributed by atoms with van der Waals surface area (Å²) in [5.74, 6) is 1.36. The molecule has 1 aromatic rings. The van der Waals surface area contributed by atoms with E-state index in [2.05, 4.69) is 37.1 Å². The van der Waals surface area contributed by atoms with Crippen molar-refractivity contribution < 1.29 is 9.47 Å². The first-order valence-electron chi connectivity index (χ1n) is 7.56. The zero-order chi connectivity index (χ0) is 14.8. The van der Waals surface area contributed by atoms with Gasteiger partial charge >= 0.3 is 0 Å². The predicted octanol–water partition coefficient (Wildman–Crippen LogP) is 2.80. The maximum atomic E-state index is 5.65. The van der Waals surface area contributed by atoms with Crippen LogP contribution in [0.4, 0.5) is 0 Å². The molecule has 114 valence electrons. The fraction of sp³-hybridized carbons (Fsp3) is 0.688. The van der Waals surface area contributed by atoms with Crippen LogP contribution in [-0.4, -0.2) is 31.3 Å². The molecular formula is C16H28N2O2. The third-order valence-electron chi connectivity index (χ3n) is 2.84. The number of ether oxygens (including phenoxy) is 2. The van der Waals surface area contributed by atoms with Gasteiger partial charge in [-0.3, -0.25) is 0 Å². The molecule has 0 aliphatic rings. The maximum absolute atomic E-state index is 5.65. The molecule has 0 fully saturated rings. The Kier molecular flexibility index (Phi) is 8.23. The molecule has 0 aromatic carbocycles. The molecule has 0 saturated heterocycles. The van der Waals surface area contributed by atoms with E-state index in [1.54, 1.807) is 0 Å². The molecule has 1 rings (SSSR count). The third kappa shape index (κ3) is 6.87. The number of nitrogens with zero attached hydrogens (tertiary/aromatic N) is 1. The van der Waals surface area contributed by atoms with E-state index >= 15 is 0 Å². The van der Waals surface area contributed by atoms with E-state index < -0.39 is 0 Å². The van der Waals surface area contributed by atoms with Gasteiger partial charge in [0.1, 0.15) is 6.61 Å². The number of hydrogen-bond acceptors (Lipinski definition) is 4. The smallest absolute Gasteiger partial charge is 0.213 e. The highest BCUT2D eigenvalue weighted by Crippen LogP contribution is 2.13. The third-order valence-corrected chi connectivity index (χ3v) is 2.84. The molecule has 4 heteroatoms. The van der Waals surface area contributed by atoms with Crippen molar-refractivity contribution in [3.63, 3.8) is 0 Å². The number of pyridine rings is 1. The van der Waals surface area contributed by atoms with Crippen molar-refractivity contribution in [2.45, 2.75) is 40.7 Å². The van der Waals surface area contributed by atoms with Crippen LogP contribution in [0.1, 0.15) is 39.0 Å². The fourth-order valence-corrected chi connectivity index (χ4v) is 1.83. The molecule has 0 saturated carbocycles. The Morgan fingerprint density at radius 3 is 2.65 bits per heavy atom. The zero-order valence-electron chi connectivity index (χ0n) is 13.2. The van der Waals surface area contributed by atoms with E-state index in [-0.39, 0.29) is 0 Å². The Labute approximate surface area is 122 Å². The SMILES string of the molecule is CCOCCOc1cc(CNCC(C)C)cc(CC)n1. The minimum Gasteiger partial charge on any atom is -0.475 e. The van der Waals surface area contributed by atoms with Gasteiger partial charge in [0, 0.05) is 24.9 Å². The molecule has 0 radical (unpaired) electrons. The Balaban J connectivity index is 2.55. The van der Waals surface area contributed by atoms with Crippen molar-refractivity contribution in [2.24, 2.45) is 5.92 Å². The van der Waals surface area contributed by atoms with Gasteiger partial charge in [0.15, 0.2) is 0 Å². The Morgan fingerprint density at radius 2 is 2.00 bits per heavy atom. The molecule has 0 spiro atoms. The lowest BCUT2D eigenvalue weighted by atomic mass is 10.2. The van der Waals surface area contributed by atoms with E-state index in [0.717, 1.165) is 31.8 Å². The summed E-state index contributed by atoms with van der Waals surface area (Å²) in [4.78, 5) is 4.49. The topological polar surface area (TPSA) is 43.4 Å². The van der Waals surface area contributed by atoms with Gasteiger partial charge < -0.3 is 14.8 Å². The van der Waals surface area contributed by atoms with Crippen LogP contribution >= 0.6 is 0 Å². The van der Waals surface area contributed by atoms with Crippen LogP contribution in [0, 0.1) is 5.92 Å². The van der Waals surface area contributed by atoms with Gasteiger partial charge in [-0.05, 0) is 37.4 Å². The first kappa shape index (κ1) is 16.9. The molecule has 0 aliphatic carbocycles. The maximum Gasteiger partial charge on any atom is 0.213 e. The van der Waals surface area contributed by atoms with Crippen LogP contribution in [-0.2, 0) is 17.7 Å². The van der Waals surface area contributed by atoms with E-state index in [1.807, 2.05) is 13.0 Å². The molecule has 0 bridgehead atoms. The van der Waals surface area contributed by atoms with Crippen LogP contribution in [0.3, 0.4) is 0 Å². The summed E-state index contributed by atoms with van der Waals surface area (Å²) in [6, 6.07) is 4.15. The molecule has 4 nitrogen and oxygen atoms in total. The number of aryl methyl sites for hydroxylation is 1. The molecule has 20 heavy (non-hydrogen) atoms. The second kappa shape index (κ2) is 9.72. The second-order valence-corrected chi connectivity index (χ2v) is 5.23. The van der Waals surface area contributed by atoms with E-state index in [4.69, 9.17) is 9.47 Å². The summed E-state index contributed by atoms with van der Waals surface area (Å²) < 4.78 is 10.9. The van der Waals surface area contributed by atoms with Gasteiger partial charge in [-0.25, -0.2) is 4.98 Å². The van der Waals surface area contributed by atoms with Gasteiger partial charge in [-0.2, -0.15) is 0 Å². The van der Waals surface area contributed by atoms with Crippen LogP contribution in [0.25, 0.3) is 0 Å². The van der Waals surface area contributed by atoms with Crippen molar-refractivity contribution in [1.82, 2.24) is 10.3 Å². The normalized spacial score (nSPS) is 11.1. The number of hydrogen-bond donors (Lipinski definition) is 1. The van der Waals surface area contributed by atoms with E-state index in [0.29, 0.717) is 25.0 Å². The minimum atomic E-state index is 0.548. The van der Waals surface area contributed by atoms with Gasteiger partial charge in [0.05, 0.1) is 6.61 Å². The number of nitrogens with one attached hydrogen (secondary N) is 1. The Morgan fingerprint density at radius 1 is 1.20 bits per heavy atom. The lowest BCUT2D eigenvalue weighted by Crippen LogP contribution is -2.19. The summed E-state index contributed by atoms with van der Waals surface area (Å²) in [6.45, 7) is 12.3. The lowest BCUT2D eigenvalue weighted by Gasteiger charge is -2.11. The summed E-state index contributed by atoms with van der Waals surface area (Å²) in [5.41, 5.74) is 2.30. The molecule has 1 N–H and O–H groups in total. The van der Waals surface area contributed by atoms with E-state index in [9.17, 15) is 0 Å². The molecule has 0 atom stereocenters. The van der Waals surface area contributed by atoms with Crippen LogP contribution in [0.2, 0.25) is 0 Å². The standard InChI is InChI=1S/C16H28N2O2/c1-5-15-9-14(12-17-11-13(3)4)10-16(18-15)20-8-7-19-6-2/h9-10,13,17H,5-8,11-12H2,1-4H3. The van der Waals surface area contributed by atoms with Crippen LogP contribution in [0.5, 0.6) is 5.88 Å². The minimum absolute atomic E-state index is 0.548. The Bertz CT molecular complexity index is 381. The number of aromatic nitrogens is 1. The fourth-order valence-electron chi connectivity index (χ4n) is 1.83. The van der Waals surface area contributed by atoms with Gasteiger partial charge in [0.2, 0.25) is 5.88 Å². The highest BCUT2D eigenvalue weighted by atomic mass is 16.5.